The van der Waals surface area contributed by atoms with E-state index in [1.165, 1.54) is 14.2 Å². The van der Waals surface area contributed by atoms with Crippen LogP contribution in [0.15, 0.2) is 36.4 Å². The number of methoxy groups -OCH3 is 4. The van der Waals surface area contributed by atoms with Gasteiger partial charge in [0.1, 0.15) is 23.0 Å². The maximum absolute atomic E-state index is 12.8. The zero-order valence-corrected chi connectivity index (χ0v) is 16.9. The highest BCUT2D eigenvalue weighted by atomic mass is 16.5. The van der Waals surface area contributed by atoms with Crippen molar-refractivity contribution in [2.45, 2.75) is 6.42 Å². The maximum Gasteiger partial charge on any atom is 0.229 e. The van der Waals surface area contributed by atoms with Gasteiger partial charge in [0.05, 0.1) is 45.7 Å². The van der Waals surface area contributed by atoms with E-state index in [9.17, 15) is 9.59 Å². The normalized spacial score (nSPS) is 15.8. The highest BCUT2D eigenvalue weighted by molar-refractivity contribution is 6.04. The standard InChI is InChI=1S/C21H24N2O6/c1-26-14-5-7-16(18(10-14)28-3)22-21(25)13-9-20(24)23(12-13)17-8-6-15(27-2)11-19(17)29-4/h5-8,10-11,13H,9,12H2,1-4H3,(H,22,25)/t13-/m1/s1. The summed E-state index contributed by atoms with van der Waals surface area (Å²) in [5.74, 6) is 1.34. The van der Waals surface area contributed by atoms with E-state index in [2.05, 4.69) is 5.32 Å². The van der Waals surface area contributed by atoms with E-state index in [0.29, 0.717) is 34.4 Å². The zero-order chi connectivity index (χ0) is 21.0. The Morgan fingerprint density at radius 2 is 1.55 bits per heavy atom. The van der Waals surface area contributed by atoms with Crippen LogP contribution >= 0.6 is 0 Å². The van der Waals surface area contributed by atoms with Gasteiger partial charge in [0, 0.05) is 25.1 Å². The molecule has 1 fully saturated rings. The van der Waals surface area contributed by atoms with Crippen molar-refractivity contribution in [1.82, 2.24) is 0 Å². The Hall–Kier alpha value is -3.42. The Balaban J connectivity index is 1.76. The number of hydrogen-bond acceptors (Lipinski definition) is 6. The molecule has 8 heteroatoms. The molecule has 1 atom stereocenters. The van der Waals surface area contributed by atoms with Crippen molar-refractivity contribution >= 4 is 23.2 Å². The highest BCUT2D eigenvalue weighted by Crippen LogP contribution is 2.36. The molecule has 2 amide bonds. The van der Waals surface area contributed by atoms with Gasteiger partial charge in [0.25, 0.3) is 0 Å². The summed E-state index contributed by atoms with van der Waals surface area (Å²) >= 11 is 0. The van der Waals surface area contributed by atoms with Crippen LogP contribution in [0.1, 0.15) is 6.42 Å². The molecule has 154 valence electrons. The number of ether oxygens (including phenoxy) is 4. The third-order valence-corrected chi connectivity index (χ3v) is 4.84. The van der Waals surface area contributed by atoms with Crippen molar-refractivity contribution in [2.24, 2.45) is 5.92 Å². The van der Waals surface area contributed by atoms with Crippen molar-refractivity contribution in [1.29, 1.82) is 0 Å². The van der Waals surface area contributed by atoms with Crippen LogP contribution in [0.2, 0.25) is 0 Å². The fourth-order valence-corrected chi connectivity index (χ4v) is 3.26. The zero-order valence-electron chi connectivity index (χ0n) is 16.9. The third-order valence-electron chi connectivity index (χ3n) is 4.84. The van der Waals surface area contributed by atoms with Crippen LogP contribution in [0.4, 0.5) is 11.4 Å². The van der Waals surface area contributed by atoms with E-state index in [1.807, 2.05) is 0 Å². The average molecular weight is 400 g/mol. The first-order valence-corrected chi connectivity index (χ1v) is 9.06. The first-order valence-electron chi connectivity index (χ1n) is 9.06. The molecule has 0 bridgehead atoms. The van der Waals surface area contributed by atoms with E-state index < -0.39 is 5.92 Å². The number of hydrogen-bond donors (Lipinski definition) is 1. The summed E-state index contributed by atoms with van der Waals surface area (Å²) in [6.45, 7) is 0.256. The molecule has 1 heterocycles. The molecule has 0 spiro atoms. The molecule has 1 aliphatic rings. The summed E-state index contributed by atoms with van der Waals surface area (Å²) in [7, 11) is 6.16. The summed E-state index contributed by atoms with van der Waals surface area (Å²) < 4.78 is 21.1. The van der Waals surface area contributed by atoms with E-state index in [-0.39, 0.29) is 24.8 Å². The van der Waals surface area contributed by atoms with Crippen molar-refractivity contribution in [2.75, 3.05) is 45.2 Å². The van der Waals surface area contributed by atoms with Gasteiger partial charge in [-0.15, -0.1) is 0 Å². The Morgan fingerprint density at radius 1 is 0.931 bits per heavy atom. The molecule has 2 aromatic carbocycles. The van der Waals surface area contributed by atoms with Crippen LogP contribution < -0.4 is 29.2 Å². The molecule has 1 N–H and O–H groups in total. The monoisotopic (exact) mass is 400 g/mol. The second kappa shape index (κ2) is 8.72. The van der Waals surface area contributed by atoms with Crippen LogP contribution in [0.3, 0.4) is 0 Å². The van der Waals surface area contributed by atoms with Gasteiger partial charge < -0.3 is 29.2 Å². The van der Waals surface area contributed by atoms with Gasteiger partial charge in [-0.2, -0.15) is 0 Å². The van der Waals surface area contributed by atoms with Crippen LogP contribution in [0.5, 0.6) is 23.0 Å². The van der Waals surface area contributed by atoms with E-state index in [0.717, 1.165) is 0 Å². The van der Waals surface area contributed by atoms with Gasteiger partial charge in [-0.3, -0.25) is 9.59 Å². The van der Waals surface area contributed by atoms with Gasteiger partial charge in [-0.1, -0.05) is 0 Å². The molecule has 0 saturated carbocycles. The van der Waals surface area contributed by atoms with Crippen molar-refractivity contribution in [3.05, 3.63) is 36.4 Å². The molecule has 0 unspecified atom stereocenters. The third kappa shape index (κ3) is 4.21. The van der Waals surface area contributed by atoms with Crippen LogP contribution in [0.25, 0.3) is 0 Å². The Morgan fingerprint density at radius 3 is 2.17 bits per heavy atom. The SMILES string of the molecule is COc1ccc(NC(=O)[C@@H]2CC(=O)N(c3ccc(OC)cc3OC)C2)c(OC)c1. The average Bonchev–Trinajstić information content (AvgIpc) is 3.14. The summed E-state index contributed by atoms with van der Waals surface area (Å²) in [5, 5.41) is 2.84. The molecule has 29 heavy (non-hydrogen) atoms. The lowest BCUT2D eigenvalue weighted by atomic mass is 10.1. The van der Waals surface area contributed by atoms with Gasteiger partial charge in [-0.25, -0.2) is 0 Å². The van der Waals surface area contributed by atoms with Crippen LogP contribution in [0, 0.1) is 5.92 Å². The minimum Gasteiger partial charge on any atom is -0.497 e. The number of rotatable bonds is 7. The van der Waals surface area contributed by atoms with Gasteiger partial charge in [0.15, 0.2) is 0 Å². The predicted molar refractivity (Wildman–Crippen MR) is 108 cm³/mol. The molecule has 0 aromatic heterocycles. The minimum absolute atomic E-state index is 0.111. The fourth-order valence-electron chi connectivity index (χ4n) is 3.26. The quantitative estimate of drug-likeness (QED) is 0.769. The van der Waals surface area contributed by atoms with Crippen molar-refractivity contribution in [3.8, 4) is 23.0 Å². The molecule has 0 radical (unpaired) electrons. The summed E-state index contributed by atoms with van der Waals surface area (Å²) in [5.41, 5.74) is 1.13. The number of carbonyl (C=O) groups excluding carboxylic acids is 2. The second-order valence-electron chi connectivity index (χ2n) is 6.50. The Kier molecular flexibility index (Phi) is 6.11. The molecule has 0 aliphatic carbocycles. The van der Waals surface area contributed by atoms with Crippen molar-refractivity contribution < 1.29 is 28.5 Å². The lowest BCUT2D eigenvalue weighted by Crippen LogP contribution is -2.28. The smallest absolute Gasteiger partial charge is 0.229 e. The van der Waals surface area contributed by atoms with E-state index >= 15 is 0 Å². The molecule has 3 rings (SSSR count). The van der Waals surface area contributed by atoms with E-state index in [4.69, 9.17) is 18.9 Å². The molecular weight excluding hydrogens is 376 g/mol. The first-order chi connectivity index (χ1) is 14.0. The number of amides is 2. The molecule has 2 aromatic rings. The largest absolute Gasteiger partial charge is 0.497 e. The summed E-state index contributed by atoms with van der Waals surface area (Å²) in [6, 6.07) is 10.3. The Bertz CT molecular complexity index is 914. The van der Waals surface area contributed by atoms with Gasteiger partial charge in [0.2, 0.25) is 11.8 Å². The molecule has 1 saturated heterocycles. The van der Waals surface area contributed by atoms with Crippen LogP contribution in [-0.2, 0) is 9.59 Å². The number of nitrogens with zero attached hydrogens (tertiary/aromatic N) is 1. The van der Waals surface area contributed by atoms with E-state index in [1.54, 1.807) is 55.5 Å². The minimum atomic E-state index is -0.499. The first kappa shape index (κ1) is 20.3. The second-order valence-corrected chi connectivity index (χ2v) is 6.50. The molecule has 1 aliphatic heterocycles. The highest BCUT2D eigenvalue weighted by Gasteiger charge is 2.36. The number of carbonyl (C=O) groups is 2. The topological polar surface area (TPSA) is 86.3 Å². The lowest BCUT2D eigenvalue weighted by Gasteiger charge is -2.20. The maximum atomic E-state index is 12.8. The summed E-state index contributed by atoms with van der Waals surface area (Å²) in [6.07, 6.45) is 0.111. The lowest BCUT2D eigenvalue weighted by molar-refractivity contribution is -0.122. The Labute approximate surface area is 169 Å². The molecule has 8 nitrogen and oxygen atoms in total. The molecular formula is C21H24N2O6. The van der Waals surface area contributed by atoms with Crippen molar-refractivity contribution in [3.63, 3.8) is 0 Å². The summed E-state index contributed by atoms with van der Waals surface area (Å²) in [4.78, 5) is 26.9. The van der Waals surface area contributed by atoms with Gasteiger partial charge in [-0.05, 0) is 24.3 Å². The predicted octanol–water partition coefficient (Wildman–Crippen LogP) is 2.71. The van der Waals surface area contributed by atoms with Crippen LogP contribution in [-0.4, -0.2) is 46.8 Å². The number of anilines is 2. The van der Waals surface area contributed by atoms with Gasteiger partial charge >= 0.3 is 0 Å². The fraction of sp³-hybridized carbons (Fsp3) is 0.333. The number of nitrogens with one attached hydrogen (secondary N) is 1. The number of benzene rings is 2.